The molecule has 2 heterocycles. The highest BCUT2D eigenvalue weighted by atomic mass is 16.5. The summed E-state index contributed by atoms with van der Waals surface area (Å²) in [6.45, 7) is 3.87. The fourth-order valence-electron chi connectivity index (χ4n) is 6.83. The molecule has 42 heavy (non-hydrogen) atoms. The first kappa shape index (κ1) is 25.8. The van der Waals surface area contributed by atoms with Crippen molar-refractivity contribution in [1.82, 2.24) is 9.80 Å². The van der Waals surface area contributed by atoms with Gasteiger partial charge in [-0.2, -0.15) is 0 Å². The molecule has 2 aliphatic heterocycles. The predicted octanol–water partition coefficient (Wildman–Crippen LogP) is 5.00. The molecule has 10 heteroatoms. The highest BCUT2D eigenvalue weighted by molar-refractivity contribution is 6.44. The minimum absolute atomic E-state index is 0.193. The lowest BCUT2D eigenvalue weighted by molar-refractivity contribution is 0.0603. The van der Waals surface area contributed by atoms with Crippen molar-refractivity contribution in [3.05, 3.63) is 46.5 Å². The molecule has 0 saturated carbocycles. The third-order valence-corrected chi connectivity index (χ3v) is 8.58. The van der Waals surface area contributed by atoms with Crippen LogP contribution in [0.4, 0.5) is 0 Å². The van der Waals surface area contributed by atoms with Gasteiger partial charge < -0.3 is 18.9 Å². The third kappa shape index (κ3) is 2.83. The van der Waals surface area contributed by atoms with E-state index in [0.717, 1.165) is 0 Å². The molecule has 0 spiro atoms. The summed E-state index contributed by atoms with van der Waals surface area (Å²) in [5, 5.41) is 4.30. The summed E-state index contributed by atoms with van der Waals surface area (Å²) in [6, 6.07) is 6.56. The van der Waals surface area contributed by atoms with Crippen LogP contribution in [-0.4, -0.2) is 75.0 Å². The van der Waals surface area contributed by atoms with E-state index < -0.39 is 23.6 Å². The zero-order valence-corrected chi connectivity index (χ0v) is 23.9. The standard InChI is InChI=1S/C32H26N2O8/c1-7-33-29(35)13-9-17(39-3)23-25-19(41-5)11-15-22-16(32(38)34(8-2)31(15)37)12-20(42-6)26(28(22)25)24-18(40-4)10-14(30(33)36)21(13)27(23)24/h9-12H,7-8H2,1-6H3. The molecule has 0 fully saturated rings. The fourth-order valence-corrected chi connectivity index (χ4v) is 6.83. The summed E-state index contributed by atoms with van der Waals surface area (Å²) >= 11 is 0. The van der Waals surface area contributed by atoms with Gasteiger partial charge in [-0.3, -0.25) is 29.0 Å². The highest BCUT2D eigenvalue weighted by Gasteiger charge is 2.40. The molecule has 0 aromatic heterocycles. The number of methoxy groups -OCH3 is 4. The van der Waals surface area contributed by atoms with Gasteiger partial charge in [-0.15, -0.1) is 0 Å². The van der Waals surface area contributed by atoms with Crippen molar-refractivity contribution in [3.8, 4) is 23.0 Å². The van der Waals surface area contributed by atoms with Gasteiger partial charge >= 0.3 is 0 Å². The van der Waals surface area contributed by atoms with Crippen LogP contribution in [0.15, 0.2) is 24.3 Å². The van der Waals surface area contributed by atoms with Gasteiger partial charge in [0, 0.05) is 56.2 Å². The maximum atomic E-state index is 13.6. The molecular weight excluding hydrogens is 540 g/mol. The number of fused-ring (bicyclic) bond motifs is 2. The lowest BCUT2D eigenvalue weighted by atomic mass is 9.80. The number of nitrogens with zero attached hydrogens (tertiary/aromatic N) is 2. The zero-order chi connectivity index (χ0) is 29.8. The number of ether oxygens (including phenoxy) is 4. The largest absolute Gasteiger partial charge is 0.496 e. The summed E-state index contributed by atoms with van der Waals surface area (Å²) < 4.78 is 23.6. The summed E-state index contributed by atoms with van der Waals surface area (Å²) in [7, 11) is 6.00. The van der Waals surface area contributed by atoms with Gasteiger partial charge in [0.2, 0.25) is 0 Å². The summed E-state index contributed by atoms with van der Waals surface area (Å²) in [5.74, 6) is -0.256. The highest BCUT2D eigenvalue weighted by Crippen LogP contribution is 2.56. The molecule has 4 amide bonds. The van der Waals surface area contributed by atoms with Crippen LogP contribution in [0, 0.1) is 0 Å². The molecule has 0 N–H and O–H groups in total. The maximum absolute atomic E-state index is 13.6. The summed E-state index contributed by atoms with van der Waals surface area (Å²) in [5.41, 5.74) is 1.28. The Morgan fingerprint density at radius 3 is 0.857 bits per heavy atom. The third-order valence-electron chi connectivity index (χ3n) is 8.58. The van der Waals surface area contributed by atoms with E-state index in [9.17, 15) is 19.2 Å². The van der Waals surface area contributed by atoms with Crippen LogP contribution >= 0.6 is 0 Å². The number of hydrogen-bond acceptors (Lipinski definition) is 8. The van der Waals surface area contributed by atoms with E-state index in [1.54, 1.807) is 38.1 Å². The molecule has 212 valence electrons. The van der Waals surface area contributed by atoms with E-state index in [0.29, 0.717) is 88.3 Å². The van der Waals surface area contributed by atoms with Gasteiger partial charge in [-0.1, -0.05) is 0 Å². The van der Waals surface area contributed by atoms with Gasteiger partial charge in [-0.25, -0.2) is 0 Å². The number of carbonyl (C=O) groups is 4. The molecule has 0 atom stereocenters. The van der Waals surface area contributed by atoms with E-state index in [2.05, 4.69) is 0 Å². The lowest BCUT2D eigenvalue weighted by Gasteiger charge is -2.31. The molecule has 0 unspecified atom stereocenters. The maximum Gasteiger partial charge on any atom is 0.261 e. The first-order chi connectivity index (χ1) is 20.3. The van der Waals surface area contributed by atoms with Crippen LogP contribution < -0.4 is 18.9 Å². The van der Waals surface area contributed by atoms with E-state index >= 15 is 0 Å². The number of amides is 4. The molecule has 10 nitrogen and oxygen atoms in total. The average Bonchev–Trinajstić information content (AvgIpc) is 3.01. The van der Waals surface area contributed by atoms with Crippen molar-refractivity contribution in [2.75, 3.05) is 41.5 Å². The van der Waals surface area contributed by atoms with Gasteiger partial charge in [0.05, 0.1) is 50.7 Å². The second kappa shape index (κ2) is 8.69. The van der Waals surface area contributed by atoms with Crippen molar-refractivity contribution in [2.45, 2.75) is 13.8 Å². The Bertz CT molecular complexity index is 1810. The van der Waals surface area contributed by atoms with Gasteiger partial charge in [0.1, 0.15) is 23.0 Å². The normalized spacial score (nSPS) is 14.7. The zero-order valence-electron chi connectivity index (χ0n) is 23.9. The smallest absolute Gasteiger partial charge is 0.261 e. The molecule has 0 saturated heterocycles. The van der Waals surface area contributed by atoms with Crippen LogP contribution in [0.3, 0.4) is 0 Å². The number of imide groups is 2. The minimum atomic E-state index is -0.429. The van der Waals surface area contributed by atoms with E-state index in [-0.39, 0.29) is 13.1 Å². The molecular formula is C32H26N2O8. The Morgan fingerprint density at radius 2 is 0.667 bits per heavy atom. The Balaban J connectivity index is 1.87. The lowest BCUT2D eigenvalue weighted by Crippen LogP contribution is -2.40. The second-order valence-electron chi connectivity index (χ2n) is 10.2. The molecule has 5 aromatic rings. The number of rotatable bonds is 6. The topological polar surface area (TPSA) is 112 Å². The molecule has 0 bridgehead atoms. The van der Waals surface area contributed by atoms with Crippen LogP contribution in [0.2, 0.25) is 0 Å². The monoisotopic (exact) mass is 566 g/mol. The first-order valence-corrected chi connectivity index (χ1v) is 13.5. The van der Waals surface area contributed by atoms with E-state index in [4.69, 9.17) is 18.9 Å². The Morgan fingerprint density at radius 1 is 0.429 bits per heavy atom. The van der Waals surface area contributed by atoms with Crippen molar-refractivity contribution in [1.29, 1.82) is 0 Å². The fraction of sp³-hybridized carbons (Fsp3) is 0.250. The first-order valence-electron chi connectivity index (χ1n) is 13.5. The number of hydrogen-bond donors (Lipinski definition) is 0. The molecule has 5 aromatic carbocycles. The average molecular weight is 567 g/mol. The molecule has 0 aliphatic carbocycles. The van der Waals surface area contributed by atoms with Crippen molar-refractivity contribution in [2.24, 2.45) is 0 Å². The van der Waals surface area contributed by atoms with Crippen LogP contribution in [0.1, 0.15) is 55.3 Å². The van der Waals surface area contributed by atoms with Crippen LogP contribution in [0.5, 0.6) is 23.0 Å². The van der Waals surface area contributed by atoms with Gasteiger partial charge in [0.25, 0.3) is 23.6 Å². The van der Waals surface area contributed by atoms with Crippen molar-refractivity contribution < 1.29 is 38.1 Å². The number of benzene rings is 5. The number of carbonyl (C=O) groups excluding carboxylic acids is 4. The Kier molecular flexibility index (Phi) is 5.34. The molecule has 2 aliphatic rings. The van der Waals surface area contributed by atoms with E-state index in [1.807, 2.05) is 0 Å². The second-order valence-corrected chi connectivity index (χ2v) is 10.2. The Hall–Kier alpha value is -5.12. The van der Waals surface area contributed by atoms with E-state index in [1.165, 1.54) is 38.2 Å². The predicted molar refractivity (Wildman–Crippen MR) is 156 cm³/mol. The van der Waals surface area contributed by atoms with Gasteiger partial charge in [-0.05, 0) is 38.1 Å². The summed E-state index contributed by atoms with van der Waals surface area (Å²) in [4.78, 5) is 56.9. The Labute approximate surface area is 239 Å². The van der Waals surface area contributed by atoms with Gasteiger partial charge in [0.15, 0.2) is 0 Å². The SMILES string of the molecule is CCN1C(=O)c2cc(OC)c3c4c(OC)cc5c6c(cc(OC)c(c7c(OC)cc(c2c37)C1=O)c64)C(=O)N(CC)C5=O. The van der Waals surface area contributed by atoms with Crippen molar-refractivity contribution in [3.63, 3.8) is 0 Å². The minimum Gasteiger partial charge on any atom is -0.496 e. The summed E-state index contributed by atoms with van der Waals surface area (Å²) in [6.07, 6.45) is 0. The van der Waals surface area contributed by atoms with Crippen molar-refractivity contribution >= 4 is 66.7 Å². The molecule has 0 radical (unpaired) electrons. The van der Waals surface area contributed by atoms with Crippen LogP contribution in [0.25, 0.3) is 43.1 Å². The quantitative estimate of drug-likeness (QED) is 0.160. The molecule has 7 rings (SSSR count). The van der Waals surface area contributed by atoms with Crippen LogP contribution in [-0.2, 0) is 0 Å².